The van der Waals surface area contributed by atoms with Crippen molar-refractivity contribution < 1.29 is 9.90 Å². The summed E-state index contributed by atoms with van der Waals surface area (Å²) in [5, 5.41) is 12.5. The van der Waals surface area contributed by atoms with Crippen molar-refractivity contribution in [3.05, 3.63) is 29.3 Å². The van der Waals surface area contributed by atoms with Gasteiger partial charge in [-0.3, -0.25) is 0 Å². The Labute approximate surface area is 95.5 Å². The Kier molecular flexibility index (Phi) is 2.41. The van der Waals surface area contributed by atoms with Crippen LogP contribution in [0.1, 0.15) is 49.0 Å². The van der Waals surface area contributed by atoms with Crippen LogP contribution < -0.4 is 5.32 Å². The molecule has 1 unspecified atom stereocenters. The Morgan fingerprint density at radius 1 is 1.50 bits per heavy atom. The first kappa shape index (κ1) is 11.0. The van der Waals surface area contributed by atoms with Crippen molar-refractivity contribution in [3.63, 3.8) is 0 Å². The van der Waals surface area contributed by atoms with Gasteiger partial charge >= 0.3 is 5.97 Å². The fourth-order valence-electron chi connectivity index (χ4n) is 2.56. The summed E-state index contributed by atoms with van der Waals surface area (Å²) in [4.78, 5) is 11.2. The smallest absolute Gasteiger partial charge is 0.337 e. The summed E-state index contributed by atoms with van der Waals surface area (Å²) in [5.74, 6) is -0.472. The van der Waals surface area contributed by atoms with Crippen molar-refractivity contribution >= 4 is 11.7 Å². The number of nitrogens with one attached hydrogen (secondary N) is 1. The van der Waals surface area contributed by atoms with Gasteiger partial charge in [0.25, 0.3) is 0 Å². The molecule has 0 spiro atoms. The number of carboxylic acid groups (broad SMARTS) is 1. The van der Waals surface area contributed by atoms with E-state index in [1.807, 2.05) is 12.1 Å². The van der Waals surface area contributed by atoms with Crippen molar-refractivity contribution in [2.45, 2.75) is 38.6 Å². The summed E-state index contributed by atoms with van der Waals surface area (Å²) < 4.78 is 0. The molecule has 0 radical (unpaired) electrons. The molecule has 16 heavy (non-hydrogen) atoms. The minimum Gasteiger partial charge on any atom is -0.478 e. The number of para-hydroxylation sites is 1. The van der Waals surface area contributed by atoms with Gasteiger partial charge in [-0.2, -0.15) is 0 Å². The predicted octanol–water partition coefficient (Wildman–Crippen LogP) is 3.08. The molecule has 0 aromatic heterocycles. The molecule has 0 saturated heterocycles. The standard InChI is InChI=1S/C13H17NO2/c1-8-7-13(2,3)14-11-9(8)5-4-6-10(11)12(15)16/h4-6,8,14H,7H2,1-3H3,(H,15,16). The van der Waals surface area contributed by atoms with Gasteiger partial charge in [0.15, 0.2) is 0 Å². The maximum absolute atomic E-state index is 11.2. The zero-order valence-electron chi connectivity index (χ0n) is 9.87. The van der Waals surface area contributed by atoms with Gasteiger partial charge in [-0.1, -0.05) is 19.1 Å². The third-order valence-electron chi connectivity index (χ3n) is 3.14. The van der Waals surface area contributed by atoms with Gasteiger partial charge < -0.3 is 10.4 Å². The van der Waals surface area contributed by atoms with E-state index in [-0.39, 0.29) is 5.54 Å². The summed E-state index contributed by atoms with van der Waals surface area (Å²) in [6.07, 6.45) is 1.02. The molecule has 0 amide bonds. The fourth-order valence-corrected chi connectivity index (χ4v) is 2.56. The molecule has 3 nitrogen and oxygen atoms in total. The van der Waals surface area contributed by atoms with Crippen molar-refractivity contribution in [3.8, 4) is 0 Å². The van der Waals surface area contributed by atoms with E-state index in [4.69, 9.17) is 5.11 Å². The van der Waals surface area contributed by atoms with Crippen LogP contribution in [0, 0.1) is 0 Å². The summed E-state index contributed by atoms with van der Waals surface area (Å²) in [6.45, 7) is 6.35. The van der Waals surface area contributed by atoms with Gasteiger partial charge in [-0.15, -0.1) is 0 Å². The lowest BCUT2D eigenvalue weighted by Gasteiger charge is -2.38. The zero-order valence-corrected chi connectivity index (χ0v) is 9.87. The molecule has 3 heteroatoms. The van der Waals surface area contributed by atoms with Gasteiger partial charge in [0.2, 0.25) is 0 Å². The highest BCUT2D eigenvalue weighted by Gasteiger charge is 2.31. The van der Waals surface area contributed by atoms with Crippen molar-refractivity contribution in [2.24, 2.45) is 0 Å². The molecule has 0 saturated carbocycles. The van der Waals surface area contributed by atoms with Gasteiger partial charge in [0, 0.05) is 5.54 Å². The number of hydrogen-bond donors (Lipinski definition) is 2. The Balaban J connectivity index is 2.57. The Bertz CT molecular complexity index is 438. The number of aromatic carboxylic acids is 1. The first-order chi connectivity index (χ1) is 7.41. The monoisotopic (exact) mass is 219 g/mol. The first-order valence-corrected chi connectivity index (χ1v) is 5.55. The SMILES string of the molecule is CC1CC(C)(C)Nc2c(C(=O)O)cccc21. The normalized spacial score (nSPS) is 22.1. The van der Waals surface area contributed by atoms with E-state index in [0.29, 0.717) is 11.5 Å². The zero-order chi connectivity index (χ0) is 11.9. The lowest BCUT2D eigenvalue weighted by Crippen LogP contribution is -2.37. The number of benzene rings is 1. The highest BCUT2D eigenvalue weighted by molar-refractivity contribution is 5.95. The second-order valence-electron chi connectivity index (χ2n) is 5.19. The van der Waals surface area contributed by atoms with Crippen LogP contribution >= 0.6 is 0 Å². The summed E-state index contributed by atoms with van der Waals surface area (Å²) in [6, 6.07) is 5.48. The second-order valence-corrected chi connectivity index (χ2v) is 5.19. The molecule has 2 N–H and O–H groups in total. The maximum Gasteiger partial charge on any atom is 0.337 e. The maximum atomic E-state index is 11.2. The first-order valence-electron chi connectivity index (χ1n) is 5.55. The molecule has 1 heterocycles. The third kappa shape index (κ3) is 1.77. The van der Waals surface area contributed by atoms with Gasteiger partial charge in [-0.25, -0.2) is 4.79 Å². The number of rotatable bonds is 1. The average Bonchev–Trinajstić information content (AvgIpc) is 2.14. The van der Waals surface area contributed by atoms with E-state index < -0.39 is 5.97 Å². The highest BCUT2D eigenvalue weighted by atomic mass is 16.4. The number of anilines is 1. The van der Waals surface area contributed by atoms with Crippen LogP contribution in [0.4, 0.5) is 5.69 Å². The molecule has 2 rings (SSSR count). The number of carbonyl (C=O) groups is 1. The average molecular weight is 219 g/mol. The van der Waals surface area contributed by atoms with Gasteiger partial charge in [0.05, 0.1) is 11.3 Å². The van der Waals surface area contributed by atoms with Crippen LogP contribution in [0.5, 0.6) is 0 Å². The molecule has 86 valence electrons. The topological polar surface area (TPSA) is 49.3 Å². The lowest BCUT2D eigenvalue weighted by atomic mass is 9.81. The molecule has 1 aromatic rings. The van der Waals surface area contributed by atoms with Crippen molar-refractivity contribution in [2.75, 3.05) is 5.32 Å². The molecule has 1 aromatic carbocycles. The lowest BCUT2D eigenvalue weighted by molar-refractivity contribution is 0.0697. The Hall–Kier alpha value is -1.51. The van der Waals surface area contributed by atoms with E-state index >= 15 is 0 Å². The van der Waals surface area contributed by atoms with Gasteiger partial charge in [-0.05, 0) is 37.8 Å². The van der Waals surface area contributed by atoms with Crippen LogP contribution in [0.25, 0.3) is 0 Å². The third-order valence-corrected chi connectivity index (χ3v) is 3.14. The molecular weight excluding hydrogens is 202 g/mol. The molecule has 0 aliphatic carbocycles. The van der Waals surface area contributed by atoms with E-state index in [9.17, 15) is 4.79 Å². The van der Waals surface area contributed by atoms with E-state index in [1.54, 1.807) is 6.07 Å². The second kappa shape index (κ2) is 3.51. The van der Waals surface area contributed by atoms with E-state index in [0.717, 1.165) is 17.7 Å². The Morgan fingerprint density at radius 3 is 2.81 bits per heavy atom. The fraction of sp³-hybridized carbons (Fsp3) is 0.462. The van der Waals surface area contributed by atoms with Crippen LogP contribution in [0.2, 0.25) is 0 Å². The van der Waals surface area contributed by atoms with Crippen LogP contribution in [-0.2, 0) is 0 Å². The summed E-state index contributed by atoms with van der Waals surface area (Å²) in [5.41, 5.74) is 2.23. The van der Waals surface area contributed by atoms with Crippen LogP contribution in [0.15, 0.2) is 18.2 Å². The van der Waals surface area contributed by atoms with E-state index in [1.165, 1.54) is 0 Å². The summed E-state index contributed by atoms with van der Waals surface area (Å²) in [7, 11) is 0. The van der Waals surface area contributed by atoms with Crippen LogP contribution in [-0.4, -0.2) is 16.6 Å². The number of hydrogen-bond acceptors (Lipinski definition) is 2. The molecule has 0 fully saturated rings. The van der Waals surface area contributed by atoms with Crippen LogP contribution in [0.3, 0.4) is 0 Å². The largest absolute Gasteiger partial charge is 0.478 e. The number of fused-ring (bicyclic) bond motifs is 1. The molecule has 1 aliphatic heterocycles. The quantitative estimate of drug-likeness (QED) is 0.763. The minimum atomic E-state index is -0.866. The van der Waals surface area contributed by atoms with Crippen molar-refractivity contribution in [1.29, 1.82) is 0 Å². The van der Waals surface area contributed by atoms with Crippen molar-refractivity contribution in [1.82, 2.24) is 0 Å². The van der Waals surface area contributed by atoms with E-state index in [2.05, 4.69) is 26.1 Å². The number of carboxylic acids is 1. The molecule has 1 atom stereocenters. The summed E-state index contributed by atoms with van der Waals surface area (Å²) >= 11 is 0. The minimum absolute atomic E-state index is 0.0437. The molecule has 1 aliphatic rings. The molecule has 0 bridgehead atoms. The highest BCUT2D eigenvalue weighted by Crippen LogP contribution is 2.40. The van der Waals surface area contributed by atoms with Gasteiger partial charge in [0.1, 0.15) is 0 Å². The Morgan fingerprint density at radius 2 is 2.19 bits per heavy atom. The predicted molar refractivity (Wildman–Crippen MR) is 64.1 cm³/mol. The molecular formula is C13H17NO2.